The summed E-state index contributed by atoms with van der Waals surface area (Å²) in [6.07, 6.45) is 0. The molecule has 1 atom stereocenters. The van der Waals surface area contributed by atoms with E-state index in [1.807, 2.05) is 25.1 Å². The zero-order valence-corrected chi connectivity index (χ0v) is 13.7. The molecule has 23 heavy (non-hydrogen) atoms. The predicted octanol–water partition coefficient (Wildman–Crippen LogP) is 0.951. The van der Waals surface area contributed by atoms with Gasteiger partial charge in [0, 0.05) is 7.05 Å². The zero-order valence-electron chi connectivity index (χ0n) is 12.9. The molecule has 0 spiro atoms. The molecule has 0 radical (unpaired) electrons. The predicted molar refractivity (Wildman–Crippen MR) is 83.5 cm³/mol. The summed E-state index contributed by atoms with van der Waals surface area (Å²) >= 11 is 1.29. The van der Waals surface area contributed by atoms with E-state index < -0.39 is 0 Å². The van der Waals surface area contributed by atoms with Crippen LogP contribution in [-0.4, -0.2) is 45.1 Å². The number of hydrogen-bond donors (Lipinski definition) is 1. The lowest BCUT2D eigenvalue weighted by Gasteiger charge is -2.21. The number of ether oxygens (including phenoxy) is 2. The van der Waals surface area contributed by atoms with Gasteiger partial charge in [-0.3, -0.25) is 4.79 Å². The molecule has 1 aliphatic heterocycles. The van der Waals surface area contributed by atoms with Gasteiger partial charge in [0.05, 0.1) is 11.8 Å². The third-order valence-electron chi connectivity index (χ3n) is 3.36. The van der Waals surface area contributed by atoms with Gasteiger partial charge in [0.1, 0.15) is 13.2 Å². The number of carbonyl (C=O) groups is 1. The molecule has 1 amide bonds. The average Bonchev–Trinajstić information content (AvgIpc) is 2.97. The molecule has 1 aromatic heterocycles. The molecule has 0 aliphatic carbocycles. The number of benzene rings is 1. The van der Waals surface area contributed by atoms with Crippen LogP contribution in [0.25, 0.3) is 0 Å². The third kappa shape index (κ3) is 3.73. The maximum Gasteiger partial charge on any atom is 0.230 e. The molecule has 3 rings (SSSR count). The van der Waals surface area contributed by atoms with Crippen molar-refractivity contribution in [3.8, 4) is 11.5 Å². The van der Waals surface area contributed by atoms with Crippen molar-refractivity contribution in [3.05, 3.63) is 23.8 Å². The van der Waals surface area contributed by atoms with Crippen LogP contribution in [0.5, 0.6) is 11.5 Å². The Bertz CT molecular complexity index is 705. The van der Waals surface area contributed by atoms with Crippen molar-refractivity contribution in [2.75, 3.05) is 19.0 Å². The van der Waals surface area contributed by atoms with Gasteiger partial charge < -0.3 is 14.8 Å². The minimum atomic E-state index is -0.128. The monoisotopic (exact) mass is 335 g/mol. The summed E-state index contributed by atoms with van der Waals surface area (Å²) in [5.74, 6) is 1.63. The van der Waals surface area contributed by atoms with E-state index in [2.05, 4.69) is 20.8 Å². The third-order valence-corrected chi connectivity index (χ3v) is 4.37. The van der Waals surface area contributed by atoms with E-state index in [1.165, 1.54) is 16.4 Å². The van der Waals surface area contributed by atoms with Gasteiger partial charge >= 0.3 is 0 Å². The second kappa shape index (κ2) is 6.86. The first kappa shape index (κ1) is 15.6. The number of aryl methyl sites for hydroxylation is 1. The first-order valence-electron chi connectivity index (χ1n) is 7.17. The Kier molecular flexibility index (Phi) is 4.65. The first-order chi connectivity index (χ1) is 11.1. The molecule has 8 nitrogen and oxygen atoms in total. The number of amides is 1. The summed E-state index contributed by atoms with van der Waals surface area (Å²) in [5.41, 5.74) is 0.966. The van der Waals surface area contributed by atoms with Crippen molar-refractivity contribution >= 4 is 17.7 Å². The van der Waals surface area contributed by atoms with Gasteiger partial charge in [-0.1, -0.05) is 17.8 Å². The van der Waals surface area contributed by atoms with Crippen LogP contribution < -0.4 is 14.8 Å². The minimum absolute atomic E-state index is 0.0830. The Balaban J connectivity index is 1.57. The highest BCUT2D eigenvalue weighted by atomic mass is 32.2. The zero-order chi connectivity index (χ0) is 16.2. The molecule has 1 aliphatic rings. The fourth-order valence-electron chi connectivity index (χ4n) is 2.17. The second-order valence-corrected chi connectivity index (χ2v) is 6.01. The molecule has 2 heterocycles. The van der Waals surface area contributed by atoms with E-state index in [-0.39, 0.29) is 17.7 Å². The Labute approximate surface area is 137 Å². The van der Waals surface area contributed by atoms with Crippen molar-refractivity contribution in [2.24, 2.45) is 7.05 Å². The van der Waals surface area contributed by atoms with Gasteiger partial charge in [-0.25, -0.2) is 4.68 Å². The van der Waals surface area contributed by atoms with Crippen LogP contribution in [-0.2, 0) is 11.8 Å². The van der Waals surface area contributed by atoms with E-state index >= 15 is 0 Å². The van der Waals surface area contributed by atoms with E-state index in [1.54, 1.807) is 7.05 Å². The molecule has 122 valence electrons. The number of hydrogen-bond acceptors (Lipinski definition) is 7. The van der Waals surface area contributed by atoms with E-state index in [9.17, 15) is 4.79 Å². The van der Waals surface area contributed by atoms with Crippen molar-refractivity contribution in [1.29, 1.82) is 0 Å². The number of thioether (sulfide) groups is 1. The van der Waals surface area contributed by atoms with Crippen molar-refractivity contribution < 1.29 is 14.3 Å². The largest absolute Gasteiger partial charge is 0.486 e. The summed E-state index contributed by atoms with van der Waals surface area (Å²) in [6.45, 7) is 3.03. The lowest BCUT2D eigenvalue weighted by molar-refractivity contribution is -0.119. The van der Waals surface area contributed by atoms with Crippen LogP contribution in [0, 0.1) is 0 Å². The summed E-state index contributed by atoms with van der Waals surface area (Å²) in [4.78, 5) is 12.1. The molecule has 0 saturated heterocycles. The standard InChI is InChI=1S/C14H17N5O3S/c1-9(10-3-4-11-12(7-10)22-6-5-21-11)15-13(20)8-23-14-16-17-18-19(14)2/h3-4,7,9H,5-6,8H2,1-2H3,(H,15,20). The van der Waals surface area contributed by atoms with Gasteiger partial charge in [-0.15, -0.1) is 5.10 Å². The Morgan fingerprint density at radius 1 is 1.39 bits per heavy atom. The fourth-order valence-corrected chi connectivity index (χ4v) is 2.83. The summed E-state index contributed by atoms with van der Waals surface area (Å²) < 4.78 is 12.6. The Morgan fingerprint density at radius 3 is 2.91 bits per heavy atom. The van der Waals surface area contributed by atoms with Crippen molar-refractivity contribution in [3.63, 3.8) is 0 Å². The molecule has 0 bridgehead atoms. The molecule has 1 N–H and O–H groups in total. The van der Waals surface area contributed by atoms with E-state index in [0.717, 1.165) is 17.1 Å². The van der Waals surface area contributed by atoms with Gasteiger partial charge in [0.25, 0.3) is 0 Å². The maximum absolute atomic E-state index is 12.1. The molecule has 1 unspecified atom stereocenters. The van der Waals surface area contributed by atoms with Crippen LogP contribution in [0.1, 0.15) is 18.5 Å². The minimum Gasteiger partial charge on any atom is -0.486 e. The average molecular weight is 335 g/mol. The summed E-state index contributed by atoms with van der Waals surface area (Å²) in [5, 5.41) is 14.6. The van der Waals surface area contributed by atoms with E-state index in [0.29, 0.717) is 18.4 Å². The highest BCUT2D eigenvalue weighted by Crippen LogP contribution is 2.32. The smallest absolute Gasteiger partial charge is 0.230 e. The highest BCUT2D eigenvalue weighted by molar-refractivity contribution is 7.99. The van der Waals surface area contributed by atoms with Crippen LogP contribution >= 0.6 is 11.8 Å². The Hall–Kier alpha value is -2.29. The number of nitrogens with zero attached hydrogens (tertiary/aromatic N) is 4. The normalized spacial score (nSPS) is 14.3. The van der Waals surface area contributed by atoms with Gasteiger partial charge in [-0.2, -0.15) is 0 Å². The number of aromatic nitrogens is 4. The molecular formula is C14H17N5O3S. The highest BCUT2D eigenvalue weighted by Gasteiger charge is 2.16. The number of tetrazole rings is 1. The van der Waals surface area contributed by atoms with Crippen molar-refractivity contribution in [2.45, 2.75) is 18.1 Å². The van der Waals surface area contributed by atoms with Crippen LogP contribution in [0.2, 0.25) is 0 Å². The van der Waals surface area contributed by atoms with Crippen LogP contribution in [0.15, 0.2) is 23.4 Å². The van der Waals surface area contributed by atoms with Gasteiger partial charge in [-0.05, 0) is 35.0 Å². The first-order valence-corrected chi connectivity index (χ1v) is 8.16. The molecule has 9 heteroatoms. The Morgan fingerprint density at radius 2 is 2.17 bits per heavy atom. The molecular weight excluding hydrogens is 318 g/mol. The van der Waals surface area contributed by atoms with Gasteiger partial charge in [0.15, 0.2) is 11.5 Å². The second-order valence-electron chi connectivity index (χ2n) is 5.07. The molecule has 2 aromatic rings. The van der Waals surface area contributed by atoms with Gasteiger partial charge in [0.2, 0.25) is 11.1 Å². The fraction of sp³-hybridized carbons (Fsp3) is 0.429. The summed E-state index contributed by atoms with van der Waals surface area (Å²) in [7, 11) is 1.73. The van der Waals surface area contributed by atoms with E-state index in [4.69, 9.17) is 9.47 Å². The molecule has 1 aromatic carbocycles. The SMILES string of the molecule is CC(NC(=O)CSc1nnnn1C)c1ccc2c(c1)OCCO2. The lowest BCUT2D eigenvalue weighted by atomic mass is 10.1. The van der Waals surface area contributed by atoms with Crippen LogP contribution in [0.3, 0.4) is 0 Å². The summed E-state index contributed by atoms with van der Waals surface area (Å²) in [6, 6.07) is 5.57. The number of nitrogens with one attached hydrogen (secondary N) is 1. The van der Waals surface area contributed by atoms with Crippen LogP contribution in [0.4, 0.5) is 0 Å². The number of fused-ring (bicyclic) bond motifs is 1. The number of rotatable bonds is 5. The topological polar surface area (TPSA) is 91.2 Å². The maximum atomic E-state index is 12.1. The molecule has 0 fully saturated rings. The quantitative estimate of drug-likeness (QED) is 0.813. The van der Waals surface area contributed by atoms with Crippen molar-refractivity contribution in [1.82, 2.24) is 25.5 Å². The molecule has 0 saturated carbocycles. The number of carbonyl (C=O) groups excluding carboxylic acids is 1. The lowest BCUT2D eigenvalue weighted by Crippen LogP contribution is -2.28.